The minimum Gasteiger partial charge on any atom is -0.296 e. The summed E-state index contributed by atoms with van der Waals surface area (Å²) in [4.78, 5) is 10.6. The van der Waals surface area contributed by atoms with Gasteiger partial charge in [0.25, 0.3) is 0 Å². The van der Waals surface area contributed by atoms with Gasteiger partial charge in [0.1, 0.15) is 5.69 Å². The monoisotopic (exact) mass is 171 g/mol. The molecule has 0 fully saturated rings. The number of carbonyl (C=O) groups is 1. The molecule has 62 valence electrons. The molecule has 1 aromatic carbocycles. The average Bonchev–Trinajstić information content (AvgIpc) is 2.56. The predicted molar refractivity (Wildman–Crippen MR) is 46.1 cm³/mol. The molecule has 0 bridgehead atoms. The Kier molecular flexibility index (Phi) is 1.57. The van der Waals surface area contributed by atoms with Crippen molar-refractivity contribution in [3.63, 3.8) is 0 Å². The molecular weight excluding hydrogens is 166 g/mol. The van der Waals surface area contributed by atoms with E-state index in [4.69, 9.17) is 5.26 Å². The molecule has 1 heterocycles. The normalized spacial score (nSPS) is 9.77. The van der Waals surface area contributed by atoms with Crippen molar-refractivity contribution in [3.8, 4) is 6.19 Å². The summed E-state index contributed by atoms with van der Waals surface area (Å²) in [5, 5.41) is 13.2. The highest BCUT2D eigenvalue weighted by atomic mass is 16.1. The Morgan fingerprint density at radius 3 is 2.92 bits per heavy atom. The molecule has 0 N–H and O–H groups in total. The number of aldehydes is 1. The van der Waals surface area contributed by atoms with Crippen LogP contribution in [-0.4, -0.2) is 16.1 Å². The van der Waals surface area contributed by atoms with Gasteiger partial charge in [-0.05, 0) is 6.07 Å². The van der Waals surface area contributed by atoms with Gasteiger partial charge in [0, 0.05) is 5.39 Å². The fraction of sp³-hybridized carbons (Fsp3) is 0. The quantitative estimate of drug-likeness (QED) is 0.605. The fourth-order valence-corrected chi connectivity index (χ4v) is 1.25. The second-order valence-electron chi connectivity index (χ2n) is 2.53. The van der Waals surface area contributed by atoms with Crippen LogP contribution in [0.15, 0.2) is 24.3 Å². The Morgan fingerprint density at radius 2 is 2.23 bits per heavy atom. The van der Waals surface area contributed by atoms with E-state index in [1.54, 1.807) is 24.3 Å². The lowest BCUT2D eigenvalue weighted by Gasteiger charge is -1.87. The molecule has 0 spiro atoms. The summed E-state index contributed by atoms with van der Waals surface area (Å²) in [5.41, 5.74) is 0.962. The number of fused-ring (bicyclic) bond motifs is 1. The van der Waals surface area contributed by atoms with Crippen molar-refractivity contribution >= 4 is 17.2 Å². The van der Waals surface area contributed by atoms with Crippen molar-refractivity contribution in [2.24, 2.45) is 0 Å². The molecule has 4 nitrogen and oxygen atoms in total. The first kappa shape index (κ1) is 7.50. The average molecular weight is 171 g/mol. The van der Waals surface area contributed by atoms with Gasteiger partial charge in [0.2, 0.25) is 6.19 Å². The number of carbonyl (C=O) groups excluding carboxylic acids is 1. The largest absolute Gasteiger partial charge is 0.296 e. The lowest BCUT2D eigenvalue weighted by molar-refractivity contribution is 0.112. The molecule has 13 heavy (non-hydrogen) atoms. The first-order valence-corrected chi connectivity index (χ1v) is 3.70. The number of aromatic nitrogens is 2. The number of benzene rings is 1. The number of hydrogen-bond donors (Lipinski definition) is 0. The van der Waals surface area contributed by atoms with E-state index in [-0.39, 0.29) is 0 Å². The topological polar surface area (TPSA) is 58.7 Å². The van der Waals surface area contributed by atoms with Gasteiger partial charge in [-0.3, -0.25) is 4.79 Å². The Balaban J connectivity index is 2.92. The fourth-order valence-electron chi connectivity index (χ4n) is 1.25. The van der Waals surface area contributed by atoms with Gasteiger partial charge < -0.3 is 0 Å². The molecule has 0 saturated carbocycles. The molecule has 0 aliphatic rings. The van der Waals surface area contributed by atoms with Crippen LogP contribution in [0.25, 0.3) is 10.9 Å². The third kappa shape index (κ3) is 0.983. The number of nitriles is 1. The summed E-state index contributed by atoms with van der Waals surface area (Å²) in [7, 11) is 0. The molecule has 0 unspecified atom stereocenters. The van der Waals surface area contributed by atoms with Gasteiger partial charge in [-0.15, -0.1) is 0 Å². The van der Waals surface area contributed by atoms with Crippen LogP contribution in [0.4, 0.5) is 0 Å². The van der Waals surface area contributed by atoms with Crippen molar-refractivity contribution in [2.45, 2.75) is 0 Å². The summed E-state index contributed by atoms with van der Waals surface area (Å²) in [6, 6.07) is 7.11. The number of nitrogens with zero attached hydrogens (tertiary/aromatic N) is 3. The molecule has 0 aliphatic heterocycles. The maximum Gasteiger partial charge on any atom is 0.206 e. The van der Waals surface area contributed by atoms with Gasteiger partial charge in [-0.1, -0.05) is 18.2 Å². The second kappa shape index (κ2) is 2.72. The van der Waals surface area contributed by atoms with Gasteiger partial charge in [0.05, 0.1) is 5.52 Å². The van der Waals surface area contributed by atoms with Crippen LogP contribution >= 0.6 is 0 Å². The van der Waals surface area contributed by atoms with E-state index < -0.39 is 0 Å². The number of para-hydroxylation sites is 1. The van der Waals surface area contributed by atoms with Crippen molar-refractivity contribution < 1.29 is 4.79 Å². The first-order chi connectivity index (χ1) is 6.36. The van der Waals surface area contributed by atoms with E-state index in [1.165, 1.54) is 0 Å². The maximum absolute atomic E-state index is 10.6. The highest BCUT2D eigenvalue weighted by molar-refractivity contribution is 5.95. The molecular formula is C9H5N3O. The molecule has 0 aliphatic carbocycles. The third-order valence-electron chi connectivity index (χ3n) is 1.82. The molecule has 4 heteroatoms. The van der Waals surface area contributed by atoms with Crippen molar-refractivity contribution in [1.29, 1.82) is 5.26 Å². The van der Waals surface area contributed by atoms with Crippen LogP contribution in [0, 0.1) is 11.5 Å². The van der Waals surface area contributed by atoms with Crippen LogP contribution < -0.4 is 0 Å². The Labute approximate surface area is 74.0 Å². The molecule has 0 saturated heterocycles. The minimum atomic E-state index is 0.303. The van der Waals surface area contributed by atoms with Crippen molar-refractivity contribution in [3.05, 3.63) is 30.0 Å². The van der Waals surface area contributed by atoms with Crippen LogP contribution in [-0.2, 0) is 0 Å². The van der Waals surface area contributed by atoms with E-state index in [0.717, 1.165) is 4.68 Å². The summed E-state index contributed by atoms with van der Waals surface area (Å²) in [6.07, 6.45) is 2.52. The third-order valence-corrected chi connectivity index (χ3v) is 1.82. The van der Waals surface area contributed by atoms with E-state index >= 15 is 0 Å². The summed E-state index contributed by atoms with van der Waals surface area (Å²) >= 11 is 0. The van der Waals surface area contributed by atoms with Crippen LogP contribution in [0.5, 0.6) is 0 Å². The number of hydrogen-bond acceptors (Lipinski definition) is 3. The highest BCUT2D eigenvalue weighted by Gasteiger charge is 2.07. The van der Waals surface area contributed by atoms with Gasteiger partial charge in [0.15, 0.2) is 6.29 Å². The van der Waals surface area contributed by atoms with Crippen molar-refractivity contribution in [2.75, 3.05) is 0 Å². The van der Waals surface area contributed by atoms with E-state index in [1.807, 2.05) is 6.19 Å². The predicted octanol–water partition coefficient (Wildman–Crippen LogP) is 1.18. The molecule has 2 aromatic rings. The molecule has 2 rings (SSSR count). The summed E-state index contributed by atoms with van der Waals surface area (Å²) in [6.45, 7) is 0. The molecule has 1 aromatic heterocycles. The van der Waals surface area contributed by atoms with E-state index in [9.17, 15) is 4.79 Å². The van der Waals surface area contributed by atoms with Gasteiger partial charge in [-0.25, -0.2) is 0 Å². The van der Waals surface area contributed by atoms with Crippen molar-refractivity contribution in [1.82, 2.24) is 9.78 Å². The molecule has 0 radical (unpaired) electrons. The van der Waals surface area contributed by atoms with Crippen LogP contribution in [0.2, 0.25) is 0 Å². The molecule has 0 amide bonds. The standard InChI is InChI=1S/C9H5N3O/c10-6-12-9-4-2-1-3-7(9)8(5-13)11-12/h1-5H. The maximum atomic E-state index is 10.6. The lowest BCUT2D eigenvalue weighted by Crippen LogP contribution is -1.90. The smallest absolute Gasteiger partial charge is 0.206 e. The van der Waals surface area contributed by atoms with Crippen LogP contribution in [0.1, 0.15) is 10.5 Å². The zero-order chi connectivity index (χ0) is 9.26. The van der Waals surface area contributed by atoms with Crippen LogP contribution in [0.3, 0.4) is 0 Å². The Hall–Kier alpha value is -2.15. The van der Waals surface area contributed by atoms with Gasteiger partial charge >= 0.3 is 0 Å². The Bertz CT molecular complexity index is 507. The van der Waals surface area contributed by atoms with Gasteiger partial charge in [-0.2, -0.15) is 15.0 Å². The zero-order valence-corrected chi connectivity index (χ0v) is 6.64. The SMILES string of the molecule is N#Cn1nc(C=O)c2ccccc21. The summed E-state index contributed by atoms with van der Waals surface area (Å²) < 4.78 is 1.14. The highest BCUT2D eigenvalue weighted by Crippen LogP contribution is 2.15. The summed E-state index contributed by atoms with van der Waals surface area (Å²) in [5.74, 6) is 0. The van der Waals surface area contributed by atoms with E-state index in [2.05, 4.69) is 5.10 Å². The minimum absolute atomic E-state index is 0.303. The molecule has 0 atom stereocenters. The lowest BCUT2D eigenvalue weighted by atomic mass is 10.2. The van der Waals surface area contributed by atoms with E-state index in [0.29, 0.717) is 22.9 Å². The first-order valence-electron chi connectivity index (χ1n) is 3.70. The second-order valence-corrected chi connectivity index (χ2v) is 2.53. The zero-order valence-electron chi connectivity index (χ0n) is 6.64. The number of rotatable bonds is 1. The Morgan fingerprint density at radius 1 is 1.46 bits per heavy atom.